The highest BCUT2D eigenvalue weighted by Crippen LogP contribution is 2.22. The second kappa shape index (κ2) is 5.60. The van der Waals surface area contributed by atoms with Gasteiger partial charge in [-0.1, -0.05) is 0 Å². The number of halogens is 1. The fourth-order valence-electron chi connectivity index (χ4n) is 0.952. The largest absolute Gasteiger partial charge is 0.469 e. The van der Waals surface area contributed by atoms with Crippen LogP contribution in [0.4, 0.5) is 10.1 Å². The van der Waals surface area contributed by atoms with E-state index in [-0.39, 0.29) is 11.7 Å². The third-order valence-corrected chi connectivity index (χ3v) is 2.77. The van der Waals surface area contributed by atoms with Crippen molar-refractivity contribution in [3.05, 3.63) is 24.0 Å². The summed E-state index contributed by atoms with van der Waals surface area (Å²) in [6, 6.07) is 4.59. The molecule has 0 fully saturated rings. The molecule has 15 heavy (non-hydrogen) atoms. The Kier molecular flexibility index (Phi) is 4.42. The van der Waals surface area contributed by atoms with Crippen LogP contribution in [0.1, 0.15) is 6.42 Å². The van der Waals surface area contributed by atoms with E-state index in [0.29, 0.717) is 12.2 Å². The molecule has 1 aromatic rings. The van der Waals surface area contributed by atoms with Gasteiger partial charge in [0, 0.05) is 10.6 Å². The molecule has 0 saturated carbocycles. The standard InChI is InChI=1S/C10H12FNO2S/c1-14-10(13)4-5-15-7-2-3-9(12)8(11)6-7/h2-3,6H,4-5,12H2,1H3. The van der Waals surface area contributed by atoms with E-state index in [1.807, 2.05) is 0 Å². The summed E-state index contributed by atoms with van der Waals surface area (Å²) in [5.74, 6) is -0.132. The zero-order valence-corrected chi connectivity index (χ0v) is 9.14. The Bertz CT molecular complexity index is 357. The van der Waals surface area contributed by atoms with Crippen LogP contribution in [0.15, 0.2) is 23.1 Å². The van der Waals surface area contributed by atoms with Crippen LogP contribution in [0, 0.1) is 5.82 Å². The molecule has 82 valence electrons. The van der Waals surface area contributed by atoms with Crippen LogP contribution in [0.3, 0.4) is 0 Å². The molecule has 1 aromatic carbocycles. The van der Waals surface area contributed by atoms with Crippen molar-refractivity contribution in [3.63, 3.8) is 0 Å². The molecular weight excluding hydrogens is 217 g/mol. The number of esters is 1. The van der Waals surface area contributed by atoms with Gasteiger partial charge in [0.1, 0.15) is 5.82 Å². The minimum absolute atomic E-state index is 0.132. The molecule has 0 spiro atoms. The van der Waals surface area contributed by atoms with Gasteiger partial charge < -0.3 is 10.5 Å². The number of nitrogens with two attached hydrogens (primary N) is 1. The summed E-state index contributed by atoms with van der Waals surface area (Å²) in [7, 11) is 1.34. The highest BCUT2D eigenvalue weighted by Gasteiger charge is 2.03. The zero-order chi connectivity index (χ0) is 11.3. The van der Waals surface area contributed by atoms with Gasteiger partial charge in [0.2, 0.25) is 0 Å². The van der Waals surface area contributed by atoms with Gasteiger partial charge in [0.15, 0.2) is 0 Å². The molecule has 5 heteroatoms. The Morgan fingerprint density at radius 2 is 2.33 bits per heavy atom. The first kappa shape index (κ1) is 11.8. The van der Waals surface area contributed by atoms with Crippen LogP contribution in [0.2, 0.25) is 0 Å². The molecular formula is C10H12FNO2S. The smallest absolute Gasteiger partial charge is 0.306 e. The maximum Gasteiger partial charge on any atom is 0.306 e. The topological polar surface area (TPSA) is 52.3 Å². The number of carbonyl (C=O) groups excluding carboxylic acids is 1. The third-order valence-electron chi connectivity index (χ3n) is 1.77. The lowest BCUT2D eigenvalue weighted by molar-refractivity contribution is -0.140. The number of hydrogen-bond acceptors (Lipinski definition) is 4. The molecule has 1 rings (SSSR count). The number of hydrogen-bond donors (Lipinski definition) is 1. The lowest BCUT2D eigenvalue weighted by Gasteiger charge is -2.02. The first-order valence-electron chi connectivity index (χ1n) is 4.38. The monoisotopic (exact) mass is 229 g/mol. The van der Waals surface area contributed by atoms with E-state index in [4.69, 9.17) is 5.73 Å². The summed E-state index contributed by atoms with van der Waals surface area (Å²) in [5.41, 5.74) is 5.46. The third kappa shape index (κ3) is 3.79. The molecule has 0 aliphatic heterocycles. The van der Waals surface area contributed by atoms with E-state index in [9.17, 15) is 9.18 Å². The Hall–Kier alpha value is -1.23. The first-order valence-corrected chi connectivity index (χ1v) is 5.36. The molecule has 0 aliphatic carbocycles. The van der Waals surface area contributed by atoms with Crippen molar-refractivity contribution in [2.75, 3.05) is 18.6 Å². The first-order chi connectivity index (χ1) is 7.13. The maximum absolute atomic E-state index is 13.0. The van der Waals surface area contributed by atoms with Gasteiger partial charge in [-0.25, -0.2) is 4.39 Å². The van der Waals surface area contributed by atoms with E-state index in [2.05, 4.69) is 4.74 Å². The van der Waals surface area contributed by atoms with Gasteiger partial charge in [-0.15, -0.1) is 11.8 Å². The van der Waals surface area contributed by atoms with Crippen molar-refractivity contribution in [1.82, 2.24) is 0 Å². The zero-order valence-electron chi connectivity index (χ0n) is 8.33. The second-order valence-electron chi connectivity index (χ2n) is 2.86. The van der Waals surface area contributed by atoms with Crippen molar-refractivity contribution < 1.29 is 13.9 Å². The summed E-state index contributed by atoms with van der Waals surface area (Å²) in [6.07, 6.45) is 0.313. The van der Waals surface area contributed by atoms with Crippen molar-refractivity contribution in [1.29, 1.82) is 0 Å². The van der Waals surface area contributed by atoms with Crippen LogP contribution in [-0.2, 0) is 9.53 Å². The Balaban J connectivity index is 2.44. The van der Waals surface area contributed by atoms with Crippen LogP contribution in [-0.4, -0.2) is 18.8 Å². The van der Waals surface area contributed by atoms with Crippen molar-refractivity contribution >= 4 is 23.4 Å². The van der Waals surface area contributed by atoms with Crippen molar-refractivity contribution in [2.24, 2.45) is 0 Å². The van der Waals surface area contributed by atoms with E-state index in [1.165, 1.54) is 31.0 Å². The second-order valence-corrected chi connectivity index (χ2v) is 4.03. The summed E-state index contributed by atoms with van der Waals surface area (Å²) in [4.78, 5) is 11.5. The number of nitrogen functional groups attached to an aromatic ring is 1. The fourth-order valence-corrected chi connectivity index (χ4v) is 1.81. The molecule has 0 aromatic heterocycles. The van der Waals surface area contributed by atoms with Gasteiger partial charge in [0.25, 0.3) is 0 Å². The van der Waals surface area contributed by atoms with Gasteiger partial charge in [-0.05, 0) is 18.2 Å². The lowest BCUT2D eigenvalue weighted by atomic mass is 10.3. The molecule has 0 unspecified atom stereocenters. The predicted octanol–water partition coefficient (Wildman–Crippen LogP) is 2.06. The number of anilines is 1. The fraction of sp³-hybridized carbons (Fsp3) is 0.300. The van der Waals surface area contributed by atoms with Gasteiger partial charge in [-0.3, -0.25) is 4.79 Å². The van der Waals surface area contributed by atoms with Crippen LogP contribution in [0.5, 0.6) is 0 Å². The van der Waals surface area contributed by atoms with Gasteiger partial charge >= 0.3 is 5.97 Å². The number of ether oxygens (including phenoxy) is 1. The molecule has 0 radical (unpaired) electrons. The number of methoxy groups -OCH3 is 1. The highest BCUT2D eigenvalue weighted by atomic mass is 32.2. The van der Waals surface area contributed by atoms with Crippen LogP contribution in [0.25, 0.3) is 0 Å². The number of rotatable bonds is 4. The minimum Gasteiger partial charge on any atom is -0.469 e. The number of thioether (sulfide) groups is 1. The molecule has 0 bridgehead atoms. The van der Waals surface area contributed by atoms with E-state index >= 15 is 0 Å². The summed E-state index contributed by atoms with van der Waals surface area (Å²) in [6.45, 7) is 0. The maximum atomic E-state index is 13.0. The molecule has 0 atom stereocenters. The molecule has 0 aliphatic rings. The van der Waals surface area contributed by atoms with Crippen molar-refractivity contribution in [3.8, 4) is 0 Å². The van der Waals surface area contributed by atoms with E-state index in [1.54, 1.807) is 6.07 Å². The minimum atomic E-state index is -0.432. The quantitative estimate of drug-likeness (QED) is 0.488. The normalized spacial score (nSPS) is 10.0. The Morgan fingerprint density at radius 3 is 2.93 bits per heavy atom. The molecule has 0 amide bonds. The summed E-state index contributed by atoms with van der Waals surface area (Å²) < 4.78 is 17.5. The van der Waals surface area contributed by atoms with Gasteiger partial charge in [-0.2, -0.15) is 0 Å². The Morgan fingerprint density at radius 1 is 1.60 bits per heavy atom. The SMILES string of the molecule is COC(=O)CCSc1ccc(N)c(F)c1. The average molecular weight is 229 g/mol. The van der Waals surface area contributed by atoms with Crippen molar-refractivity contribution in [2.45, 2.75) is 11.3 Å². The lowest BCUT2D eigenvalue weighted by Crippen LogP contribution is -2.01. The number of benzene rings is 1. The molecule has 3 nitrogen and oxygen atoms in total. The summed E-state index contributed by atoms with van der Waals surface area (Å²) >= 11 is 1.39. The molecule has 0 saturated heterocycles. The Labute approximate surface area is 91.8 Å². The molecule has 2 N–H and O–H groups in total. The highest BCUT2D eigenvalue weighted by molar-refractivity contribution is 7.99. The van der Waals surface area contributed by atoms with Crippen LogP contribution < -0.4 is 5.73 Å². The predicted molar refractivity (Wildman–Crippen MR) is 58.2 cm³/mol. The van der Waals surface area contributed by atoms with Crippen LogP contribution >= 0.6 is 11.8 Å². The summed E-state index contributed by atoms with van der Waals surface area (Å²) in [5, 5.41) is 0. The average Bonchev–Trinajstić information content (AvgIpc) is 2.23. The van der Waals surface area contributed by atoms with Gasteiger partial charge in [0.05, 0.1) is 19.2 Å². The molecule has 0 heterocycles. The van der Waals surface area contributed by atoms with E-state index < -0.39 is 5.82 Å². The number of carbonyl (C=O) groups is 1. The van der Waals surface area contributed by atoms with E-state index in [0.717, 1.165) is 4.90 Å².